The molecule has 0 bridgehead atoms. The summed E-state index contributed by atoms with van der Waals surface area (Å²) in [4.78, 5) is 0. The standard InChI is InChI=1S/C9H7F6I/c1-4-2-5(8(10,11)12)3-6(7(4)16)9(13,14)15/h2-3,6-7H,1H3. The fourth-order valence-corrected chi connectivity index (χ4v) is 2.17. The number of allylic oxidation sites excluding steroid dienone is 4. The predicted octanol–water partition coefficient (Wildman–Crippen LogP) is 4.42. The summed E-state index contributed by atoms with van der Waals surface area (Å²) in [7, 11) is 0. The summed E-state index contributed by atoms with van der Waals surface area (Å²) in [6, 6.07) is 0. The Kier molecular flexibility index (Phi) is 3.66. The molecule has 1 rings (SSSR count). The van der Waals surface area contributed by atoms with Crippen molar-refractivity contribution in [1.29, 1.82) is 0 Å². The monoisotopic (exact) mass is 356 g/mol. The Bertz CT molecular complexity index is 335. The van der Waals surface area contributed by atoms with E-state index < -0.39 is 27.8 Å². The fourth-order valence-electron chi connectivity index (χ4n) is 1.37. The number of hydrogen-bond acceptors (Lipinski definition) is 0. The normalized spacial score (nSPS) is 27.5. The van der Waals surface area contributed by atoms with Crippen LogP contribution in [0.5, 0.6) is 0 Å². The molecule has 0 saturated carbocycles. The van der Waals surface area contributed by atoms with Gasteiger partial charge in [-0.05, 0) is 6.92 Å². The van der Waals surface area contributed by atoms with Gasteiger partial charge in [0.15, 0.2) is 0 Å². The Hall–Kier alpha value is -0.210. The van der Waals surface area contributed by atoms with Gasteiger partial charge in [-0.1, -0.05) is 40.3 Å². The molecule has 0 aromatic heterocycles. The molecule has 0 heterocycles. The Morgan fingerprint density at radius 2 is 1.62 bits per heavy atom. The van der Waals surface area contributed by atoms with Crippen LogP contribution in [0.15, 0.2) is 23.3 Å². The molecule has 0 radical (unpaired) electrons. The predicted molar refractivity (Wildman–Crippen MR) is 55.2 cm³/mol. The molecular formula is C9H7F6I. The lowest BCUT2D eigenvalue weighted by Crippen LogP contribution is -2.33. The lowest BCUT2D eigenvalue weighted by atomic mass is 9.90. The summed E-state index contributed by atoms with van der Waals surface area (Å²) in [5.41, 5.74) is -1.14. The first kappa shape index (κ1) is 13.9. The zero-order valence-corrected chi connectivity index (χ0v) is 10.1. The highest BCUT2D eigenvalue weighted by Gasteiger charge is 2.47. The van der Waals surface area contributed by atoms with Crippen molar-refractivity contribution in [1.82, 2.24) is 0 Å². The maximum Gasteiger partial charge on any atom is 0.416 e. The summed E-state index contributed by atoms with van der Waals surface area (Å²) in [6.45, 7) is 1.27. The number of rotatable bonds is 0. The highest BCUT2D eigenvalue weighted by molar-refractivity contribution is 14.1. The number of alkyl halides is 7. The second-order valence-electron chi connectivity index (χ2n) is 3.48. The molecular weight excluding hydrogens is 349 g/mol. The number of halogens is 7. The maximum atomic E-state index is 12.5. The van der Waals surface area contributed by atoms with Gasteiger partial charge in [-0.2, -0.15) is 26.3 Å². The van der Waals surface area contributed by atoms with Crippen LogP contribution in [0.4, 0.5) is 26.3 Å². The van der Waals surface area contributed by atoms with Gasteiger partial charge in [-0.15, -0.1) is 0 Å². The summed E-state index contributed by atoms with van der Waals surface area (Å²) >= 11 is 1.51. The molecule has 16 heavy (non-hydrogen) atoms. The SMILES string of the molecule is CC1=CC(C(F)(F)F)=CC(C(F)(F)F)C1I. The molecule has 2 unspecified atom stereocenters. The van der Waals surface area contributed by atoms with E-state index in [-0.39, 0.29) is 11.6 Å². The Labute approximate surface area is 102 Å². The van der Waals surface area contributed by atoms with Crippen LogP contribution in [0.1, 0.15) is 6.92 Å². The zero-order chi connectivity index (χ0) is 12.7. The molecule has 2 atom stereocenters. The van der Waals surface area contributed by atoms with Crippen molar-refractivity contribution in [3.05, 3.63) is 23.3 Å². The van der Waals surface area contributed by atoms with Gasteiger partial charge in [0.05, 0.1) is 11.5 Å². The van der Waals surface area contributed by atoms with Crippen LogP contribution in [0.3, 0.4) is 0 Å². The lowest BCUT2D eigenvalue weighted by Gasteiger charge is -2.28. The molecule has 1 aliphatic carbocycles. The first-order valence-electron chi connectivity index (χ1n) is 4.21. The maximum absolute atomic E-state index is 12.5. The minimum atomic E-state index is -4.73. The van der Waals surface area contributed by atoms with Gasteiger partial charge < -0.3 is 0 Å². The highest BCUT2D eigenvalue weighted by atomic mass is 127. The van der Waals surface area contributed by atoms with Gasteiger partial charge in [0.25, 0.3) is 0 Å². The van der Waals surface area contributed by atoms with Crippen molar-refractivity contribution in [2.45, 2.75) is 23.2 Å². The van der Waals surface area contributed by atoms with Crippen LogP contribution >= 0.6 is 22.6 Å². The van der Waals surface area contributed by atoms with Crippen LogP contribution in [0.25, 0.3) is 0 Å². The van der Waals surface area contributed by atoms with Crippen LogP contribution in [-0.2, 0) is 0 Å². The van der Waals surface area contributed by atoms with Crippen molar-refractivity contribution in [3.63, 3.8) is 0 Å². The minimum absolute atomic E-state index is 0.0813. The topological polar surface area (TPSA) is 0 Å². The third kappa shape index (κ3) is 2.92. The first-order chi connectivity index (χ1) is 7.03. The van der Waals surface area contributed by atoms with Gasteiger partial charge >= 0.3 is 12.4 Å². The van der Waals surface area contributed by atoms with Gasteiger partial charge in [-0.25, -0.2) is 0 Å². The van der Waals surface area contributed by atoms with Crippen LogP contribution in [0, 0.1) is 5.92 Å². The Morgan fingerprint density at radius 1 is 1.12 bits per heavy atom. The van der Waals surface area contributed by atoms with Crippen molar-refractivity contribution in [2.24, 2.45) is 5.92 Å². The molecule has 0 aliphatic heterocycles. The quantitative estimate of drug-likeness (QED) is 0.343. The van der Waals surface area contributed by atoms with Crippen molar-refractivity contribution in [3.8, 4) is 0 Å². The molecule has 0 nitrogen and oxygen atoms in total. The van der Waals surface area contributed by atoms with E-state index in [0.717, 1.165) is 6.08 Å². The van der Waals surface area contributed by atoms with E-state index in [9.17, 15) is 26.3 Å². The summed E-state index contributed by atoms with van der Waals surface area (Å²) in [5.74, 6) is -2.07. The van der Waals surface area contributed by atoms with Crippen molar-refractivity contribution in [2.75, 3.05) is 0 Å². The highest BCUT2D eigenvalue weighted by Crippen LogP contribution is 2.43. The number of hydrogen-bond donors (Lipinski definition) is 0. The van der Waals surface area contributed by atoms with Gasteiger partial charge in [0.1, 0.15) is 0 Å². The average Bonchev–Trinajstić information content (AvgIpc) is 2.05. The van der Waals surface area contributed by atoms with Crippen LogP contribution < -0.4 is 0 Å². The van der Waals surface area contributed by atoms with Gasteiger partial charge in [0, 0.05) is 3.92 Å². The largest absolute Gasteiger partial charge is 0.416 e. The zero-order valence-electron chi connectivity index (χ0n) is 7.96. The second kappa shape index (κ2) is 4.23. The summed E-state index contributed by atoms with van der Waals surface area (Å²) in [5, 5.41) is 0. The summed E-state index contributed by atoms with van der Waals surface area (Å²) in [6.07, 6.45) is -8.37. The molecule has 0 aromatic carbocycles. The van der Waals surface area contributed by atoms with E-state index in [1.807, 2.05) is 0 Å². The molecule has 92 valence electrons. The summed E-state index contributed by atoms with van der Waals surface area (Å²) < 4.78 is 73.4. The molecule has 0 amide bonds. The van der Waals surface area contributed by atoms with E-state index in [1.54, 1.807) is 0 Å². The van der Waals surface area contributed by atoms with Crippen molar-refractivity contribution >= 4 is 22.6 Å². The molecule has 0 saturated heterocycles. The minimum Gasteiger partial charge on any atom is -0.170 e. The molecule has 0 aromatic rings. The van der Waals surface area contributed by atoms with Crippen LogP contribution in [-0.4, -0.2) is 16.3 Å². The molecule has 0 fully saturated rings. The van der Waals surface area contributed by atoms with Crippen molar-refractivity contribution < 1.29 is 26.3 Å². The average molecular weight is 356 g/mol. The van der Waals surface area contributed by atoms with E-state index in [0.29, 0.717) is 0 Å². The Morgan fingerprint density at radius 3 is 2.00 bits per heavy atom. The van der Waals surface area contributed by atoms with E-state index in [1.165, 1.54) is 29.5 Å². The van der Waals surface area contributed by atoms with E-state index in [2.05, 4.69) is 0 Å². The third-order valence-electron chi connectivity index (χ3n) is 2.20. The fraction of sp³-hybridized carbons (Fsp3) is 0.556. The molecule has 7 heteroatoms. The van der Waals surface area contributed by atoms with E-state index in [4.69, 9.17) is 0 Å². The third-order valence-corrected chi connectivity index (χ3v) is 3.96. The van der Waals surface area contributed by atoms with E-state index >= 15 is 0 Å². The molecule has 1 aliphatic rings. The lowest BCUT2D eigenvalue weighted by molar-refractivity contribution is -0.160. The van der Waals surface area contributed by atoms with Crippen LogP contribution in [0.2, 0.25) is 0 Å². The van der Waals surface area contributed by atoms with Gasteiger partial charge in [-0.3, -0.25) is 0 Å². The molecule has 0 spiro atoms. The van der Waals surface area contributed by atoms with Gasteiger partial charge in [0.2, 0.25) is 0 Å². The smallest absolute Gasteiger partial charge is 0.170 e. The second-order valence-corrected chi connectivity index (χ2v) is 4.82. The Balaban J connectivity index is 3.15. The molecule has 0 N–H and O–H groups in total. The first-order valence-corrected chi connectivity index (χ1v) is 5.46.